The van der Waals surface area contributed by atoms with Crippen molar-refractivity contribution in [1.29, 1.82) is 0 Å². The van der Waals surface area contributed by atoms with E-state index in [1.54, 1.807) is 12.1 Å². The van der Waals surface area contributed by atoms with E-state index in [0.717, 1.165) is 31.2 Å². The molecule has 1 heterocycles. The van der Waals surface area contributed by atoms with Gasteiger partial charge >= 0.3 is 5.97 Å². The van der Waals surface area contributed by atoms with E-state index in [1.807, 2.05) is 0 Å². The van der Waals surface area contributed by atoms with Crippen molar-refractivity contribution in [2.75, 3.05) is 18.1 Å². The van der Waals surface area contributed by atoms with Crippen LogP contribution in [-0.2, 0) is 24.7 Å². The van der Waals surface area contributed by atoms with Crippen LogP contribution < -0.4 is 0 Å². The van der Waals surface area contributed by atoms with Crippen molar-refractivity contribution in [2.45, 2.75) is 55.1 Å². The SMILES string of the molecule is O=C(O)CN([C@H]1CS(=O)(=O)C[C@H]1O)S(=O)(=O)c1ccc(C2CCCCC2)cc1. The summed E-state index contributed by atoms with van der Waals surface area (Å²) < 4.78 is 50.3. The number of aliphatic carboxylic acids is 1. The highest BCUT2D eigenvalue weighted by molar-refractivity contribution is 7.92. The van der Waals surface area contributed by atoms with E-state index < -0.39 is 56.0 Å². The first kappa shape index (κ1) is 21.2. The number of aliphatic hydroxyl groups is 1. The van der Waals surface area contributed by atoms with E-state index >= 15 is 0 Å². The smallest absolute Gasteiger partial charge is 0.318 e. The Kier molecular flexibility index (Phi) is 6.14. The minimum Gasteiger partial charge on any atom is -0.480 e. The van der Waals surface area contributed by atoms with Crippen molar-refractivity contribution in [3.8, 4) is 0 Å². The molecule has 2 atom stereocenters. The number of hydrogen-bond acceptors (Lipinski definition) is 6. The number of carboxylic acid groups (broad SMARTS) is 1. The van der Waals surface area contributed by atoms with Crippen LogP contribution in [0.3, 0.4) is 0 Å². The zero-order valence-electron chi connectivity index (χ0n) is 15.4. The Labute approximate surface area is 165 Å². The highest BCUT2D eigenvalue weighted by Gasteiger charge is 2.45. The molecule has 0 aromatic heterocycles. The molecule has 1 aromatic rings. The van der Waals surface area contributed by atoms with Crippen molar-refractivity contribution in [3.05, 3.63) is 29.8 Å². The predicted octanol–water partition coefficient (Wildman–Crippen LogP) is 0.968. The first-order valence-electron chi connectivity index (χ1n) is 9.32. The molecule has 2 N–H and O–H groups in total. The molecule has 2 fully saturated rings. The second-order valence-electron chi connectivity index (χ2n) is 7.56. The van der Waals surface area contributed by atoms with E-state index in [9.17, 15) is 26.7 Å². The normalized spacial score (nSPS) is 25.8. The Bertz CT molecular complexity index is 919. The number of rotatable bonds is 6. The average Bonchev–Trinajstić information content (AvgIpc) is 2.92. The van der Waals surface area contributed by atoms with Crippen LogP contribution >= 0.6 is 0 Å². The van der Waals surface area contributed by atoms with Crippen molar-refractivity contribution < 1.29 is 31.8 Å². The molecule has 1 aromatic carbocycles. The topological polar surface area (TPSA) is 129 Å². The third-order valence-corrected chi connectivity index (χ3v) is 9.10. The Morgan fingerprint density at radius 1 is 1.07 bits per heavy atom. The lowest BCUT2D eigenvalue weighted by Gasteiger charge is -2.28. The van der Waals surface area contributed by atoms with Crippen LogP contribution in [0, 0.1) is 0 Å². The van der Waals surface area contributed by atoms with Gasteiger partial charge in [0.1, 0.15) is 6.54 Å². The fraction of sp³-hybridized carbons (Fsp3) is 0.611. The lowest BCUT2D eigenvalue weighted by Crippen LogP contribution is -2.48. The van der Waals surface area contributed by atoms with Gasteiger partial charge in [0.05, 0.1) is 28.5 Å². The van der Waals surface area contributed by atoms with E-state index in [4.69, 9.17) is 5.11 Å². The van der Waals surface area contributed by atoms with Crippen LogP contribution in [0.25, 0.3) is 0 Å². The molecule has 10 heteroatoms. The highest BCUT2D eigenvalue weighted by atomic mass is 32.2. The number of sulfone groups is 1. The number of aliphatic hydroxyl groups excluding tert-OH is 1. The quantitative estimate of drug-likeness (QED) is 0.686. The fourth-order valence-corrected chi connectivity index (χ4v) is 7.58. The number of nitrogens with zero attached hydrogens (tertiary/aromatic N) is 1. The van der Waals surface area contributed by atoms with Gasteiger partial charge in [-0.25, -0.2) is 16.8 Å². The number of benzene rings is 1. The molecule has 1 aliphatic heterocycles. The van der Waals surface area contributed by atoms with Crippen molar-refractivity contribution in [1.82, 2.24) is 4.31 Å². The minimum atomic E-state index is -4.28. The van der Waals surface area contributed by atoms with Crippen molar-refractivity contribution >= 4 is 25.8 Å². The summed E-state index contributed by atoms with van der Waals surface area (Å²) in [5.74, 6) is -2.20. The van der Waals surface area contributed by atoms with Crippen molar-refractivity contribution in [3.63, 3.8) is 0 Å². The molecule has 0 spiro atoms. The Morgan fingerprint density at radius 3 is 2.18 bits per heavy atom. The molecule has 8 nitrogen and oxygen atoms in total. The second-order valence-corrected chi connectivity index (χ2v) is 11.6. The summed E-state index contributed by atoms with van der Waals surface area (Å²) in [7, 11) is -7.92. The van der Waals surface area contributed by atoms with Crippen LogP contribution in [0.1, 0.15) is 43.6 Å². The van der Waals surface area contributed by atoms with E-state index in [2.05, 4.69) is 0 Å². The van der Waals surface area contributed by atoms with Gasteiger partial charge in [-0.05, 0) is 36.5 Å². The van der Waals surface area contributed by atoms with Crippen LogP contribution in [0.5, 0.6) is 0 Å². The molecule has 2 aliphatic rings. The van der Waals surface area contributed by atoms with Gasteiger partial charge in [0.25, 0.3) is 0 Å². The zero-order valence-corrected chi connectivity index (χ0v) is 17.0. The maximum atomic E-state index is 13.1. The van der Waals surface area contributed by atoms with Crippen LogP contribution in [0.15, 0.2) is 29.2 Å². The van der Waals surface area contributed by atoms with Gasteiger partial charge in [0, 0.05) is 0 Å². The highest BCUT2D eigenvalue weighted by Crippen LogP contribution is 2.33. The summed E-state index contributed by atoms with van der Waals surface area (Å²) in [5.41, 5.74) is 1.05. The summed E-state index contributed by atoms with van der Waals surface area (Å²) in [6, 6.07) is 5.03. The molecule has 0 radical (unpaired) electrons. The fourth-order valence-electron chi connectivity index (χ4n) is 4.08. The van der Waals surface area contributed by atoms with Gasteiger partial charge < -0.3 is 10.2 Å². The molecule has 156 valence electrons. The van der Waals surface area contributed by atoms with Gasteiger partial charge in [0.2, 0.25) is 10.0 Å². The summed E-state index contributed by atoms with van der Waals surface area (Å²) in [5, 5.41) is 19.2. The average molecular weight is 432 g/mol. The van der Waals surface area contributed by atoms with E-state index in [0.29, 0.717) is 10.2 Å². The number of carbonyl (C=O) groups is 1. The van der Waals surface area contributed by atoms with E-state index in [1.165, 1.54) is 18.6 Å². The summed E-state index contributed by atoms with van der Waals surface area (Å²) in [4.78, 5) is 11.1. The van der Waals surface area contributed by atoms with Gasteiger partial charge in [0.15, 0.2) is 9.84 Å². The molecule has 28 heavy (non-hydrogen) atoms. The largest absolute Gasteiger partial charge is 0.480 e. The number of hydrogen-bond donors (Lipinski definition) is 2. The molecule has 1 aliphatic carbocycles. The van der Waals surface area contributed by atoms with Crippen LogP contribution in [-0.4, -0.2) is 67.5 Å². The molecule has 1 saturated heterocycles. The molecular weight excluding hydrogens is 406 g/mol. The molecule has 0 unspecified atom stereocenters. The van der Waals surface area contributed by atoms with E-state index in [-0.39, 0.29) is 4.90 Å². The Hall–Kier alpha value is -1.49. The maximum absolute atomic E-state index is 13.1. The van der Waals surface area contributed by atoms with Crippen molar-refractivity contribution in [2.24, 2.45) is 0 Å². The molecule has 0 amide bonds. The number of sulfonamides is 1. The van der Waals surface area contributed by atoms with Crippen LogP contribution in [0.4, 0.5) is 0 Å². The monoisotopic (exact) mass is 431 g/mol. The second kappa shape index (κ2) is 8.10. The summed E-state index contributed by atoms with van der Waals surface area (Å²) >= 11 is 0. The molecule has 1 saturated carbocycles. The predicted molar refractivity (Wildman–Crippen MR) is 102 cm³/mol. The minimum absolute atomic E-state index is 0.107. The lowest BCUT2D eigenvalue weighted by atomic mass is 9.84. The molecule has 3 rings (SSSR count). The molecular formula is C18H25NO7S2. The van der Waals surface area contributed by atoms with Gasteiger partial charge in [-0.3, -0.25) is 4.79 Å². The third kappa shape index (κ3) is 4.56. The Balaban J connectivity index is 1.89. The lowest BCUT2D eigenvalue weighted by molar-refractivity contribution is -0.137. The van der Waals surface area contributed by atoms with Gasteiger partial charge in [-0.15, -0.1) is 0 Å². The van der Waals surface area contributed by atoms with Crippen LogP contribution in [0.2, 0.25) is 0 Å². The zero-order chi connectivity index (χ0) is 20.5. The van der Waals surface area contributed by atoms with Gasteiger partial charge in [-0.1, -0.05) is 31.4 Å². The summed E-state index contributed by atoms with van der Waals surface area (Å²) in [6.45, 7) is -0.913. The van der Waals surface area contributed by atoms with Gasteiger partial charge in [-0.2, -0.15) is 4.31 Å². The number of carboxylic acids is 1. The summed E-state index contributed by atoms with van der Waals surface area (Å²) in [6.07, 6.45) is 4.16. The molecule has 0 bridgehead atoms. The standard InChI is InChI=1S/C18H25NO7S2/c20-17-12-27(23,24)11-16(17)19(10-18(21)22)28(25,26)15-8-6-14(7-9-15)13-4-2-1-3-5-13/h6-9,13,16-17,20H,1-5,10-12H2,(H,21,22)/t16-,17+/m0/s1. The third-order valence-electron chi connectivity index (χ3n) is 5.52. The Morgan fingerprint density at radius 2 is 1.68 bits per heavy atom. The maximum Gasteiger partial charge on any atom is 0.318 e. The first-order chi connectivity index (χ1) is 13.1. The first-order valence-corrected chi connectivity index (χ1v) is 12.6.